The van der Waals surface area contributed by atoms with Crippen molar-refractivity contribution in [1.29, 1.82) is 0 Å². The van der Waals surface area contributed by atoms with Crippen LogP contribution in [0.5, 0.6) is 0 Å². The van der Waals surface area contributed by atoms with Gasteiger partial charge in [0.2, 0.25) is 0 Å². The van der Waals surface area contributed by atoms with E-state index in [0.717, 1.165) is 54.8 Å². The van der Waals surface area contributed by atoms with Crippen LogP contribution in [0.2, 0.25) is 0 Å². The van der Waals surface area contributed by atoms with Crippen molar-refractivity contribution in [2.75, 3.05) is 0 Å². The quantitative estimate of drug-likeness (QED) is 0.262. The molecule has 0 N–H and O–H groups in total. The summed E-state index contributed by atoms with van der Waals surface area (Å²) in [6.07, 6.45) is 0.729. The van der Waals surface area contributed by atoms with Crippen molar-refractivity contribution < 1.29 is 17.6 Å². The van der Waals surface area contributed by atoms with Gasteiger partial charge < -0.3 is 0 Å². The molecule has 0 radical (unpaired) electrons. The third kappa shape index (κ3) is 6.45. The number of benzene rings is 2. The molecule has 4 aromatic rings. The Labute approximate surface area is 213 Å². The maximum absolute atomic E-state index is 13.5. The topological polar surface area (TPSA) is 34.9 Å². The summed E-state index contributed by atoms with van der Waals surface area (Å²) in [6.45, 7) is 3.53. The monoisotopic (exact) mass is 510 g/mol. The first kappa shape index (κ1) is 26.6. The lowest BCUT2D eigenvalue weighted by atomic mass is 9.84. The fourth-order valence-corrected chi connectivity index (χ4v) is 4.93. The Morgan fingerprint density at radius 3 is 2.30 bits per heavy atom. The molecule has 0 aliphatic heterocycles. The van der Waals surface area contributed by atoms with Crippen LogP contribution in [-0.4, -0.2) is 9.55 Å². The summed E-state index contributed by atoms with van der Waals surface area (Å²) >= 11 is 0. The first-order valence-electron chi connectivity index (χ1n) is 12.5. The summed E-state index contributed by atoms with van der Waals surface area (Å²) in [5.41, 5.74) is 1.96. The standard InChI is InChI=1S/C23H23F3N2O.C7H7F/c1-15-11-12-17-13-19(16-7-3-2-4-8-16)22(29)28(21(17)27-15)14-18-9-5-6-10-20(18)23(24,25)26;1-6-3-2-4-7(8)5-6/h5-6,9-13,16H,2-4,7-8,14H2,1H3;2-5H,1H3. The van der Waals surface area contributed by atoms with Crippen LogP contribution in [0.4, 0.5) is 17.6 Å². The van der Waals surface area contributed by atoms with Gasteiger partial charge in [0.25, 0.3) is 5.56 Å². The SMILES string of the molecule is Cc1ccc2cc(C3CCCCC3)c(=O)n(Cc3ccccc3C(F)(F)F)c2n1.Cc1cccc(F)c1. The zero-order valence-corrected chi connectivity index (χ0v) is 21.0. The predicted molar refractivity (Wildman–Crippen MR) is 138 cm³/mol. The molecule has 1 aliphatic rings. The van der Waals surface area contributed by atoms with Gasteiger partial charge in [-0.3, -0.25) is 9.36 Å². The summed E-state index contributed by atoms with van der Waals surface area (Å²) in [4.78, 5) is 17.9. The Hall–Kier alpha value is -3.48. The van der Waals surface area contributed by atoms with E-state index in [1.165, 1.54) is 28.8 Å². The maximum atomic E-state index is 13.5. The van der Waals surface area contributed by atoms with Crippen LogP contribution in [0.15, 0.2) is 71.5 Å². The summed E-state index contributed by atoms with van der Waals surface area (Å²) < 4.78 is 54.1. The van der Waals surface area contributed by atoms with Gasteiger partial charge in [-0.25, -0.2) is 9.37 Å². The van der Waals surface area contributed by atoms with Crippen LogP contribution in [0.1, 0.15) is 66.0 Å². The molecular weight excluding hydrogens is 480 g/mol. The van der Waals surface area contributed by atoms with Crippen LogP contribution < -0.4 is 5.56 Å². The van der Waals surface area contributed by atoms with Gasteiger partial charge in [-0.15, -0.1) is 0 Å². The Morgan fingerprint density at radius 2 is 1.65 bits per heavy atom. The molecule has 0 bridgehead atoms. The van der Waals surface area contributed by atoms with Crippen LogP contribution in [-0.2, 0) is 12.7 Å². The van der Waals surface area contributed by atoms with Crippen LogP contribution in [0, 0.1) is 19.7 Å². The van der Waals surface area contributed by atoms with Gasteiger partial charge >= 0.3 is 6.18 Å². The van der Waals surface area contributed by atoms with E-state index in [1.54, 1.807) is 12.1 Å². The lowest BCUT2D eigenvalue weighted by Crippen LogP contribution is -2.28. The normalized spacial score (nSPS) is 14.3. The summed E-state index contributed by atoms with van der Waals surface area (Å²) in [7, 11) is 0. The molecule has 0 saturated heterocycles. The molecule has 2 heterocycles. The van der Waals surface area contributed by atoms with E-state index < -0.39 is 11.7 Å². The summed E-state index contributed by atoms with van der Waals surface area (Å²) in [6, 6.07) is 17.6. The van der Waals surface area contributed by atoms with Gasteiger partial charge in [-0.1, -0.05) is 49.6 Å². The Morgan fingerprint density at radius 1 is 0.919 bits per heavy atom. The molecule has 1 fully saturated rings. The Bertz CT molecular complexity index is 1420. The van der Waals surface area contributed by atoms with Crippen LogP contribution in [0.25, 0.3) is 11.0 Å². The zero-order valence-electron chi connectivity index (χ0n) is 21.0. The Kier molecular flexibility index (Phi) is 8.10. The maximum Gasteiger partial charge on any atom is 0.416 e. The molecule has 0 unspecified atom stereocenters. The third-order valence-corrected chi connectivity index (χ3v) is 6.78. The van der Waals surface area contributed by atoms with Gasteiger partial charge in [-0.05, 0) is 80.1 Å². The average molecular weight is 511 g/mol. The van der Waals surface area contributed by atoms with Crippen LogP contribution >= 0.6 is 0 Å². The lowest BCUT2D eigenvalue weighted by Gasteiger charge is -2.23. The van der Waals surface area contributed by atoms with Crippen molar-refractivity contribution in [3.05, 3.63) is 111 Å². The number of alkyl halides is 3. The molecule has 194 valence electrons. The van der Waals surface area contributed by atoms with Crippen molar-refractivity contribution in [3.8, 4) is 0 Å². The van der Waals surface area contributed by atoms with E-state index in [9.17, 15) is 22.4 Å². The van der Waals surface area contributed by atoms with Gasteiger partial charge in [0.15, 0.2) is 0 Å². The van der Waals surface area contributed by atoms with Crippen LogP contribution in [0.3, 0.4) is 0 Å². The molecule has 2 aromatic carbocycles. The number of aryl methyl sites for hydroxylation is 2. The molecule has 1 saturated carbocycles. The molecular formula is C30H30F4N2O. The minimum atomic E-state index is -4.47. The fraction of sp³-hybridized carbons (Fsp3) is 0.333. The second-order valence-electron chi connectivity index (χ2n) is 9.65. The molecule has 0 spiro atoms. The number of halogens is 4. The highest BCUT2D eigenvalue weighted by atomic mass is 19.4. The van der Waals surface area contributed by atoms with Gasteiger partial charge in [-0.2, -0.15) is 13.2 Å². The molecule has 0 atom stereocenters. The first-order valence-corrected chi connectivity index (χ1v) is 12.5. The van der Waals surface area contributed by atoms with Gasteiger partial charge in [0.05, 0.1) is 12.1 Å². The minimum absolute atomic E-state index is 0.0764. The molecule has 2 aromatic heterocycles. The Balaban J connectivity index is 0.000000342. The van der Waals surface area contributed by atoms with Crippen molar-refractivity contribution in [3.63, 3.8) is 0 Å². The average Bonchev–Trinajstić information content (AvgIpc) is 2.86. The predicted octanol–water partition coefficient (Wildman–Crippen LogP) is 7.95. The van der Waals surface area contributed by atoms with E-state index in [4.69, 9.17) is 0 Å². The van der Waals surface area contributed by atoms with Crippen molar-refractivity contribution in [2.24, 2.45) is 0 Å². The van der Waals surface area contributed by atoms with Gasteiger partial charge in [0, 0.05) is 16.6 Å². The van der Waals surface area contributed by atoms with Crippen molar-refractivity contribution >= 4 is 11.0 Å². The molecule has 0 amide bonds. The number of hydrogen-bond donors (Lipinski definition) is 0. The van der Waals surface area contributed by atoms with Gasteiger partial charge in [0.1, 0.15) is 11.5 Å². The lowest BCUT2D eigenvalue weighted by molar-refractivity contribution is -0.138. The highest BCUT2D eigenvalue weighted by Crippen LogP contribution is 2.34. The second-order valence-corrected chi connectivity index (χ2v) is 9.65. The van der Waals surface area contributed by atoms with Crippen molar-refractivity contribution in [1.82, 2.24) is 9.55 Å². The molecule has 3 nitrogen and oxygen atoms in total. The fourth-order valence-electron chi connectivity index (χ4n) is 4.93. The summed E-state index contributed by atoms with van der Waals surface area (Å²) in [5.74, 6) is -0.00365. The molecule has 5 rings (SSSR count). The molecule has 1 aliphatic carbocycles. The number of hydrogen-bond acceptors (Lipinski definition) is 2. The smallest absolute Gasteiger partial charge is 0.288 e. The van der Waals surface area contributed by atoms with E-state index in [0.29, 0.717) is 11.2 Å². The number of pyridine rings is 2. The highest BCUT2D eigenvalue weighted by molar-refractivity contribution is 5.76. The first-order chi connectivity index (χ1) is 17.6. The molecule has 7 heteroatoms. The number of fused-ring (bicyclic) bond motifs is 1. The zero-order chi connectivity index (χ0) is 26.6. The minimum Gasteiger partial charge on any atom is -0.288 e. The number of nitrogens with zero attached hydrogens (tertiary/aromatic N) is 2. The number of rotatable bonds is 3. The van der Waals surface area contributed by atoms with E-state index >= 15 is 0 Å². The number of aromatic nitrogens is 2. The third-order valence-electron chi connectivity index (χ3n) is 6.78. The largest absolute Gasteiger partial charge is 0.416 e. The van der Waals surface area contributed by atoms with E-state index in [1.807, 2.05) is 38.1 Å². The highest BCUT2D eigenvalue weighted by Gasteiger charge is 2.33. The van der Waals surface area contributed by atoms with Crippen molar-refractivity contribution in [2.45, 2.75) is 64.6 Å². The molecule has 37 heavy (non-hydrogen) atoms. The van der Waals surface area contributed by atoms with E-state index in [-0.39, 0.29) is 29.4 Å². The summed E-state index contributed by atoms with van der Waals surface area (Å²) in [5, 5.41) is 0.792. The van der Waals surface area contributed by atoms with E-state index in [2.05, 4.69) is 4.98 Å². The second kappa shape index (κ2) is 11.3.